The monoisotopic (exact) mass is 434 g/mol. The summed E-state index contributed by atoms with van der Waals surface area (Å²) in [6, 6.07) is 17.3. The summed E-state index contributed by atoms with van der Waals surface area (Å²) < 4.78 is 34.2. The predicted molar refractivity (Wildman–Crippen MR) is 115 cm³/mol. The van der Waals surface area contributed by atoms with E-state index < -0.39 is 15.3 Å². The van der Waals surface area contributed by atoms with Crippen molar-refractivity contribution >= 4 is 21.8 Å². The Hall–Kier alpha value is -1.58. The Kier molecular flexibility index (Phi) is 6.46. The van der Waals surface area contributed by atoms with E-state index in [-0.39, 0.29) is 12.6 Å². The Morgan fingerprint density at radius 2 is 1.86 bits per heavy atom. The molecule has 0 bridgehead atoms. The van der Waals surface area contributed by atoms with Crippen molar-refractivity contribution in [2.24, 2.45) is 0 Å². The molecule has 2 saturated heterocycles. The second kappa shape index (κ2) is 9.06. The van der Waals surface area contributed by atoms with E-state index >= 15 is 0 Å². The van der Waals surface area contributed by atoms with E-state index in [1.54, 1.807) is 28.2 Å². The van der Waals surface area contributed by atoms with Crippen molar-refractivity contribution in [1.29, 1.82) is 0 Å². The zero-order valence-electron chi connectivity index (χ0n) is 16.4. The summed E-state index contributed by atoms with van der Waals surface area (Å²) in [7, 11) is -1.65. The molecule has 8 heteroatoms. The maximum absolute atomic E-state index is 13.3. The molecule has 2 atom stereocenters. The van der Waals surface area contributed by atoms with Gasteiger partial charge in [-0.1, -0.05) is 42.5 Å². The molecule has 156 valence electrons. The predicted octanol–water partition coefficient (Wildman–Crippen LogP) is 2.93. The molecule has 0 spiro atoms. The molecule has 0 unspecified atom stereocenters. The molecule has 0 saturated carbocycles. The largest absolute Gasteiger partial charge is 0.489 e. The number of sulfonamides is 1. The zero-order valence-corrected chi connectivity index (χ0v) is 18.1. The molecule has 6 nitrogen and oxygen atoms in total. The number of rotatable bonds is 6. The van der Waals surface area contributed by atoms with Gasteiger partial charge >= 0.3 is 0 Å². The number of thioether (sulfide) groups is 1. The maximum atomic E-state index is 13.3. The summed E-state index contributed by atoms with van der Waals surface area (Å²) in [6.45, 7) is 1.77. The summed E-state index contributed by atoms with van der Waals surface area (Å²) in [5.74, 6) is 2.41. The third-order valence-electron chi connectivity index (χ3n) is 5.35. The van der Waals surface area contributed by atoms with Crippen LogP contribution in [0.15, 0.2) is 54.6 Å². The summed E-state index contributed by atoms with van der Waals surface area (Å²) in [5, 5.41) is 1.04. The van der Waals surface area contributed by atoms with Crippen LogP contribution in [0.25, 0.3) is 0 Å². The minimum absolute atomic E-state index is 0.169. The molecular formula is C21H26N2O4S2. The van der Waals surface area contributed by atoms with Crippen LogP contribution >= 0.6 is 11.8 Å². The quantitative estimate of drug-likeness (QED) is 0.697. The van der Waals surface area contributed by atoms with Crippen LogP contribution in [0.3, 0.4) is 0 Å². The molecule has 2 aromatic carbocycles. The molecule has 4 rings (SSSR count). The number of hydrogen-bond acceptors (Lipinski definition) is 6. The standard InChI is InChI=1S/C21H26N2O4S2/c1-22-21(20(16-27-22)29(24,25)23-10-12-28-13-11-23)18-8-5-9-19(14-18)26-15-17-6-3-2-4-7-17/h2-9,14,20-21H,10-13,15-16H2,1H3/t20-,21-/m1/s1. The molecule has 29 heavy (non-hydrogen) atoms. The van der Waals surface area contributed by atoms with Crippen molar-refractivity contribution in [3.05, 3.63) is 65.7 Å². The van der Waals surface area contributed by atoms with E-state index in [0.29, 0.717) is 19.7 Å². The van der Waals surface area contributed by atoms with E-state index in [4.69, 9.17) is 9.57 Å². The lowest BCUT2D eigenvalue weighted by molar-refractivity contribution is -0.110. The number of nitrogens with zero attached hydrogens (tertiary/aromatic N) is 2. The average Bonchev–Trinajstić information content (AvgIpc) is 3.16. The van der Waals surface area contributed by atoms with Gasteiger partial charge in [0.05, 0.1) is 12.6 Å². The van der Waals surface area contributed by atoms with Crippen molar-refractivity contribution in [2.75, 3.05) is 38.2 Å². The average molecular weight is 435 g/mol. The van der Waals surface area contributed by atoms with Crippen molar-refractivity contribution < 1.29 is 18.0 Å². The van der Waals surface area contributed by atoms with Gasteiger partial charge in [0.15, 0.2) is 0 Å². The van der Waals surface area contributed by atoms with Crippen LogP contribution in [0.4, 0.5) is 0 Å². The van der Waals surface area contributed by atoms with Crippen LogP contribution < -0.4 is 4.74 Å². The summed E-state index contributed by atoms with van der Waals surface area (Å²) in [4.78, 5) is 5.66. The van der Waals surface area contributed by atoms with Crippen LogP contribution in [0.1, 0.15) is 17.2 Å². The molecular weight excluding hydrogens is 408 g/mol. The van der Waals surface area contributed by atoms with Gasteiger partial charge in [0.2, 0.25) is 10.0 Å². The molecule has 2 aliphatic heterocycles. The van der Waals surface area contributed by atoms with Crippen LogP contribution in [0.5, 0.6) is 5.75 Å². The summed E-state index contributed by atoms with van der Waals surface area (Å²) in [6.07, 6.45) is 0. The highest BCUT2D eigenvalue weighted by Gasteiger charge is 2.46. The minimum atomic E-state index is -3.45. The van der Waals surface area contributed by atoms with Gasteiger partial charge in [0.25, 0.3) is 0 Å². The van der Waals surface area contributed by atoms with Crippen molar-refractivity contribution in [3.8, 4) is 5.75 Å². The Morgan fingerprint density at radius 3 is 2.62 bits per heavy atom. The van der Waals surface area contributed by atoms with Crippen molar-refractivity contribution in [1.82, 2.24) is 9.37 Å². The summed E-state index contributed by atoms with van der Waals surface area (Å²) >= 11 is 1.80. The lowest BCUT2D eigenvalue weighted by Crippen LogP contribution is -2.45. The smallest absolute Gasteiger partial charge is 0.221 e. The van der Waals surface area contributed by atoms with E-state index in [9.17, 15) is 8.42 Å². The molecule has 2 aromatic rings. The number of hydroxylamine groups is 2. The number of hydrogen-bond donors (Lipinski definition) is 0. The van der Waals surface area contributed by atoms with Crippen LogP contribution in [0, 0.1) is 0 Å². The van der Waals surface area contributed by atoms with Crippen LogP contribution in [-0.2, 0) is 21.5 Å². The Bertz CT molecular complexity index is 917. The fourth-order valence-electron chi connectivity index (χ4n) is 3.79. The van der Waals surface area contributed by atoms with Gasteiger partial charge in [-0.05, 0) is 23.3 Å². The second-order valence-corrected chi connectivity index (χ2v) is 10.6. The van der Waals surface area contributed by atoms with Gasteiger partial charge in [-0.25, -0.2) is 8.42 Å². The van der Waals surface area contributed by atoms with E-state index in [0.717, 1.165) is 28.4 Å². The molecule has 0 aliphatic carbocycles. The fourth-order valence-corrected chi connectivity index (χ4v) is 6.89. The first-order chi connectivity index (χ1) is 14.1. The molecule has 0 aromatic heterocycles. The zero-order chi connectivity index (χ0) is 20.3. The van der Waals surface area contributed by atoms with E-state index in [1.165, 1.54) is 0 Å². The molecule has 2 fully saturated rings. The molecule has 0 N–H and O–H groups in total. The van der Waals surface area contributed by atoms with E-state index in [2.05, 4.69) is 0 Å². The van der Waals surface area contributed by atoms with Crippen LogP contribution in [-0.4, -0.2) is 61.3 Å². The van der Waals surface area contributed by atoms with Gasteiger partial charge < -0.3 is 4.74 Å². The van der Waals surface area contributed by atoms with Gasteiger partial charge in [-0.3, -0.25) is 4.84 Å². The second-order valence-electron chi connectivity index (χ2n) is 7.23. The van der Waals surface area contributed by atoms with Crippen molar-refractivity contribution in [2.45, 2.75) is 17.9 Å². The normalized spacial score (nSPS) is 23.9. The molecule has 2 aliphatic rings. The third-order valence-corrected chi connectivity index (χ3v) is 8.53. The highest BCUT2D eigenvalue weighted by atomic mass is 32.2. The van der Waals surface area contributed by atoms with Crippen molar-refractivity contribution in [3.63, 3.8) is 0 Å². The maximum Gasteiger partial charge on any atom is 0.221 e. The highest BCUT2D eigenvalue weighted by Crippen LogP contribution is 2.36. The van der Waals surface area contributed by atoms with Crippen LogP contribution in [0.2, 0.25) is 0 Å². The topological polar surface area (TPSA) is 59.1 Å². The fraction of sp³-hybridized carbons (Fsp3) is 0.429. The highest BCUT2D eigenvalue weighted by molar-refractivity contribution is 7.99. The number of ether oxygens (including phenoxy) is 1. The number of benzene rings is 2. The van der Waals surface area contributed by atoms with Gasteiger partial charge in [-0.2, -0.15) is 21.1 Å². The van der Waals surface area contributed by atoms with Gasteiger partial charge in [-0.15, -0.1) is 0 Å². The summed E-state index contributed by atoms with van der Waals surface area (Å²) in [5.41, 5.74) is 1.97. The lowest BCUT2D eigenvalue weighted by atomic mass is 10.0. The Morgan fingerprint density at radius 1 is 1.10 bits per heavy atom. The van der Waals surface area contributed by atoms with Gasteiger partial charge in [0.1, 0.15) is 17.6 Å². The first kappa shape index (κ1) is 20.7. The molecule has 0 radical (unpaired) electrons. The Labute approximate surface area is 176 Å². The minimum Gasteiger partial charge on any atom is -0.489 e. The molecule has 0 amide bonds. The molecule has 2 heterocycles. The first-order valence-corrected chi connectivity index (χ1v) is 12.4. The van der Waals surface area contributed by atoms with Gasteiger partial charge in [0, 0.05) is 31.6 Å². The SMILES string of the molecule is CN1OC[C@@H](S(=O)(=O)N2CCSCC2)[C@H]1c1cccc(OCc2ccccc2)c1. The first-order valence-electron chi connectivity index (χ1n) is 9.75. The third kappa shape index (κ3) is 4.62. The van der Waals surface area contributed by atoms with E-state index in [1.807, 2.05) is 54.6 Å². The Balaban J connectivity index is 1.54. The lowest BCUT2D eigenvalue weighted by Gasteiger charge is -2.31.